The maximum absolute atomic E-state index is 12.7. The Labute approximate surface area is 121 Å². The molecular formula is C15H14F4OS. The number of rotatable bonds is 4. The second-order valence-corrected chi connectivity index (χ2v) is 6.38. The van der Waals surface area contributed by atoms with E-state index < -0.39 is 15.6 Å². The summed E-state index contributed by atoms with van der Waals surface area (Å²) in [5.41, 5.74) is 1.10. The van der Waals surface area contributed by atoms with Crippen LogP contribution in [-0.4, -0.2) is 7.11 Å². The maximum atomic E-state index is 12.7. The Bertz CT molecular complexity index is 650. The van der Waals surface area contributed by atoms with E-state index in [1.54, 1.807) is 37.5 Å². The van der Waals surface area contributed by atoms with E-state index in [1.165, 1.54) is 18.2 Å². The highest BCUT2D eigenvalue weighted by Crippen LogP contribution is 2.81. The molecule has 0 saturated heterocycles. The number of thiol groups is 1. The first-order valence-electron chi connectivity index (χ1n) is 6.07. The molecule has 2 aromatic rings. The van der Waals surface area contributed by atoms with Crippen LogP contribution in [0.3, 0.4) is 0 Å². The Morgan fingerprint density at radius 3 is 2.05 bits per heavy atom. The predicted molar refractivity (Wildman–Crippen MR) is 80.0 cm³/mol. The molecule has 0 saturated carbocycles. The van der Waals surface area contributed by atoms with E-state index in [0.29, 0.717) is 11.3 Å². The Hall–Kier alpha value is -1.95. The highest BCUT2D eigenvalue weighted by Gasteiger charge is 2.39. The van der Waals surface area contributed by atoms with Gasteiger partial charge in [-0.1, -0.05) is 36.4 Å². The molecule has 0 aromatic heterocycles. The van der Waals surface area contributed by atoms with E-state index in [1.807, 2.05) is 0 Å². The fourth-order valence-electron chi connectivity index (χ4n) is 1.75. The summed E-state index contributed by atoms with van der Waals surface area (Å²) in [5.74, 6) is 0.691. The number of methoxy groups -OCH3 is 1. The molecule has 0 aliphatic rings. The second-order valence-electron chi connectivity index (χ2n) is 4.42. The summed E-state index contributed by atoms with van der Waals surface area (Å²) >= 11 is 0. The molecule has 0 atom stereocenters. The highest BCUT2D eigenvalue weighted by molar-refractivity contribution is 8.33. The van der Waals surface area contributed by atoms with Crippen LogP contribution in [0.25, 0.3) is 12.2 Å². The fourth-order valence-corrected chi connectivity index (χ4v) is 2.40. The molecule has 2 aromatic carbocycles. The Kier molecular flexibility index (Phi) is 4.00. The van der Waals surface area contributed by atoms with Crippen molar-refractivity contribution in [2.24, 2.45) is 0 Å². The van der Waals surface area contributed by atoms with Crippen LogP contribution in [0.4, 0.5) is 15.5 Å². The molecule has 0 N–H and O–H groups in total. The maximum Gasteiger partial charge on any atom is 0.179 e. The smallest absolute Gasteiger partial charge is 0.179 e. The van der Waals surface area contributed by atoms with Crippen LogP contribution >= 0.6 is 10.7 Å². The van der Waals surface area contributed by atoms with Crippen LogP contribution < -0.4 is 4.74 Å². The van der Waals surface area contributed by atoms with Crippen LogP contribution in [0.2, 0.25) is 0 Å². The summed E-state index contributed by atoms with van der Waals surface area (Å²) in [5, 5.41) is 0. The van der Waals surface area contributed by atoms with Gasteiger partial charge in [0.15, 0.2) is 10.7 Å². The number of hydrogen-bond acceptors (Lipinski definition) is 1. The first kappa shape index (κ1) is 15.4. The van der Waals surface area contributed by atoms with E-state index in [0.717, 1.165) is 17.7 Å². The van der Waals surface area contributed by atoms with Crippen LogP contribution in [0.15, 0.2) is 53.4 Å². The van der Waals surface area contributed by atoms with Gasteiger partial charge in [-0.25, -0.2) is 0 Å². The van der Waals surface area contributed by atoms with Crippen LogP contribution in [0.5, 0.6) is 5.75 Å². The SMILES string of the molecule is COc1ccc(/C=C/c2cccc([SH](F)(F)(F)F)c2)cc1. The lowest BCUT2D eigenvalue weighted by Crippen LogP contribution is -1.91. The van der Waals surface area contributed by atoms with Crippen LogP contribution in [0.1, 0.15) is 11.1 Å². The monoisotopic (exact) mass is 318 g/mol. The first-order valence-corrected chi connectivity index (χ1v) is 7.86. The standard InChI is InChI=1S/C15H14F4OS/c1-20-14-9-7-12(8-10-14)5-6-13-3-2-4-15(11-13)21(16,17,18)19/h2-11,21H,1H3/b6-5+. The van der Waals surface area contributed by atoms with Gasteiger partial charge >= 0.3 is 0 Å². The van der Waals surface area contributed by atoms with Gasteiger partial charge < -0.3 is 4.74 Å². The zero-order chi connectivity index (χ0) is 15.5. The van der Waals surface area contributed by atoms with Gasteiger partial charge in [-0.15, -0.1) is 15.5 Å². The predicted octanol–water partition coefficient (Wildman–Crippen LogP) is 5.84. The average Bonchev–Trinajstić information content (AvgIpc) is 2.44. The lowest BCUT2D eigenvalue weighted by atomic mass is 10.1. The second kappa shape index (κ2) is 5.44. The third-order valence-corrected chi connectivity index (χ3v) is 3.90. The molecule has 1 nitrogen and oxygen atoms in total. The summed E-state index contributed by atoms with van der Waals surface area (Å²) in [6.07, 6.45) is 3.16. The summed E-state index contributed by atoms with van der Waals surface area (Å²) < 4.78 is 55.9. The lowest BCUT2D eigenvalue weighted by molar-refractivity contribution is 0.415. The summed E-state index contributed by atoms with van der Waals surface area (Å²) in [4.78, 5) is -1.20. The van der Waals surface area contributed by atoms with Gasteiger partial charge in [0.1, 0.15) is 5.75 Å². The third-order valence-electron chi connectivity index (χ3n) is 2.84. The summed E-state index contributed by atoms with van der Waals surface area (Å²) in [7, 11) is -6.16. The number of halogens is 4. The molecule has 0 spiro atoms. The molecule has 0 aliphatic heterocycles. The van der Waals surface area contributed by atoms with E-state index in [4.69, 9.17) is 4.74 Å². The largest absolute Gasteiger partial charge is 0.497 e. The minimum absolute atomic E-state index is 0.294. The third kappa shape index (κ3) is 4.26. The van der Waals surface area contributed by atoms with E-state index in [2.05, 4.69) is 0 Å². The molecule has 21 heavy (non-hydrogen) atoms. The van der Waals surface area contributed by atoms with Crippen LogP contribution in [0, 0.1) is 0 Å². The molecule has 0 unspecified atom stereocenters. The van der Waals surface area contributed by atoms with Crippen LogP contribution in [-0.2, 0) is 0 Å². The fraction of sp³-hybridized carbons (Fsp3) is 0.0667. The molecule has 0 heterocycles. The molecule has 0 bridgehead atoms. The molecular weight excluding hydrogens is 304 g/mol. The zero-order valence-electron chi connectivity index (χ0n) is 11.1. The molecule has 0 amide bonds. The molecule has 6 heteroatoms. The zero-order valence-corrected chi connectivity index (χ0v) is 12.0. The lowest BCUT2D eigenvalue weighted by Gasteiger charge is -2.29. The quantitative estimate of drug-likeness (QED) is 0.423. The van der Waals surface area contributed by atoms with Crippen molar-refractivity contribution in [1.82, 2.24) is 0 Å². The Morgan fingerprint density at radius 1 is 0.857 bits per heavy atom. The molecule has 0 radical (unpaired) electrons. The van der Waals surface area contributed by atoms with Crippen molar-refractivity contribution in [1.29, 1.82) is 0 Å². The topological polar surface area (TPSA) is 9.23 Å². The normalized spacial score (nSPS) is 13.9. The van der Waals surface area contributed by atoms with Crippen molar-refractivity contribution in [3.63, 3.8) is 0 Å². The average molecular weight is 318 g/mol. The number of ether oxygens (including phenoxy) is 1. The van der Waals surface area contributed by atoms with Crippen molar-refractivity contribution in [3.8, 4) is 5.75 Å². The van der Waals surface area contributed by atoms with Crippen molar-refractivity contribution in [2.45, 2.75) is 4.90 Å². The van der Waals surface area contributed by atoms with Crippen molar-refractivity contribution < 1.29 is 20.3 Å². The van der Waals surface area contributed by atoms with Gasteiger partial charge in [0.25, 0.3) is 0 Å². The van der Waals surface area contributed by atoms with E-state index in [9.17, 15) is 15.5 Å². The van der Waals surface area contributed by atoms with Crippen molar-refractivity contribution in [2.75, 3.05) is 7.11 Å². The van der Waals surface area contributed by atoms with Crippen molar-refractivity contribution in [3.05, 3.63) is 59.7 Å². The van der Waals surface area contributed by atoms with Gasteiger partial charge in [0.05, 0.1) is 12.0 Å². The van der Waals surface area contributed by atoms with Crippen molar-refractivity contribution >= 4 is 22.9 Å². The molecule has 2 rings (SSSR count). The molecule has 0 fully saturated rings. The van der Waals surface area contributed by atoms with Gasteiger partial charge in [0, 0.05) is 0 Å². The highest BCUT2D eigenvalue weighted by atomic mass is 32.4. The first-order chi connectivity index (χ1) is 9.74. The molecule has 0 aliphatic carbocycles. The van der Waals surface area contributed by atoms with Gasteiger partial charge in [-0.05, 0) is 35.4 Å². The minimum atomic E-state index is -7.70. The number of benzene rings is 2. The van der Waals surface area contributed by atoms with E-state index >= 15 is 0 Å². The molecule has 114 valence electrons. The van der Waals surface area contributed by atoms with Gasteiger partial charge in [-0.2, -0.15) is 0 Å². The summed E-state index contributed by atoms with van der Waals surface area (Å²) in [6, 6.07) is 11.3. The van der Waals surface area contributed by atoms with Gasteiger partial charge in [-0.3, -0.25) is 0 Å². The number of hydrogen-bond donors (Lipinski definition) is 1. The van der Waals surface area contributed by atoms with Gasteiger partial charge in [0.2, 0.25) is 0 Å². The Morgan fingerprint density at radius 2 is 1.48 bits per heavy atom. The minimum Gasteiger partial charge on any atom is -0.497 e. The van der Waals surface area contributed by atoms with E-state index in [-0.39, 0.29) is 0 Å². The Balaban J connectivity index is 2.23. The summed E-state index contributed by atoms with van der Waals surface area (Å²) in [6.45, 7) is 0.